The van der Waals surface area contributed by atoms with Gasteiger partial charge < -0.3 is 21.1 Å². The smallest absolute Gasteiger partial charge is 0.239 e. The normalized spacial score (nSPS) is 28.2. The van der Waals surface area contributed by atoms with Crippen molar-refractivity contribution in [2.75, 3.05) is 19.8 Å². The predicted octanol–water partition coefficient (Wildman–Crippen LogP) is -1.01. The summed E-state index contributed by atoms with van der Waals surface area (Å²) in [4.78, 5) is 23.3. The molecule has 1 saturated heterocycles. The molecule has 0 aromatic carbocycles. The van der Waals surface area contributed by atoms with E-state index in [-0.39, 0.29) is 30.4 Å². The summed E-state index contributed by atoms with van der Waals surface area (Å²) in [5, 5.41) is 5.29. The molecule has 1 rings (SSSR count). The van der Waals surface area contributed by atoms with E-state index in [0.29, 0.717) is 13.2 Å². The summed E-state index contributed by atoms with van der Waals surface area (Å²) in [5.41, 5.74) is 5.08. The standard InChI is InChI=1S/C11H21N3O3/c1-7(2)14-9(15)4-13-10(16)11(3)6-17-5-8(11)12/h7-8H,4-6,12H2,1-3H3,(H,13,16)(H,14,15). The van der Waals surface area contributed by atoms with Crippen LogP contribution >= 0.6 is 0 Å². The fourth-order valence-corrected chi connectivity index (χ4v) is 1.66. The van der Waals surface area contributed by atoms with Crippen LogP contribution in [0, 0.1) is 5.41 Å². The maximum Gasteiger partial charge on any atom is 0.239 e. The molecule has 6 nitrogen and oxygen atoms in total. The number of amides is 2. The minimum absolute atomic E-state index is 0.0284. The van der Waals surface area contributed by atoms with Crippen molar-refractivity contribution >= 4 is 11.8 Å². The lowest BCUT2D eigenvalue weighted by Crippen LogP contribution is -2.52. The topological polar surface area (TPSA) is 93.5 Å². The summed E-state index contributed by atoms with van der Waals surface area (Å²) in [6, 6.07) is -0.261. The van der Waals surface area contributed by atoms with Gasteiger partial charge in [0.1, 0.15) is 0 Å². The highest BCUT2D eigenvalue weighted by Crippen LogP contribution is 2.26. The Balaban J connectivity index is 2.42. The molecule has 0 radical (unpaired) electrons. The molecule has 6 heteroatoms. The van der Waals surface area contributed by atoms with Crippen molar-refractivity contribution in [2.45, 2.75) is 32.9 Å². The van der Waals surface area contributed by atoms with Gasteiger partial charge in [-0.25, -0.2) is 0 Å². The van der Waals surface area contributed by atoms with Crippen LogP contribution in [0.25, 0.3) is 0 Å². The number of hydrogen-bond acceptors (Lipinski definition) is 4. The summed E-state index contributed by atoms with van der Waals surface area (Å²) in [6.07, 6.45) is 0. The van der Waals surface area contributed by atoms with Crippen LogP contribution in [0.4, 0.5) is 0 Å². The number of nitrogens with two attached hydrogens (primary N) is 1. The third kappa shape index (κ3) is 3.41. The van der Waals surface area contributed by atoms with Gasteiger partial charge in [0.15, 0.2) is 0 Å². The summed E-state index contributed by atoms with van der Waals surface area (Å²) in [5.74, 6) is -0.439. The van der Waals surface area contributed by atoms with Crippen LogP contribution in [0.3, 0.4) is 0 Å². The average Bonchev–Trinajstić information content (AvgIpc) is 2.56. The van der Waals surface area contributed by atoms with E-state index in [1.54, 1.807) is 6.92 Å². The molecule has 1 aliphatic heterocycles. The molecule has 0 spiro atoms. The van der Waals surface area contributed by atoms with E-state index >= 15 is 0 Å². The highest BCUT2D eigenvalue weighted by molar-refractivity contribution is 5.88. The van der Waals surface area contributed by atoms with Gasteiger partial charge in [0.2, 0.25) is 11.8 Å². The van der Waals surface area contributed by atoms with Crippen molar-refractivity contribution in [2.24, 2.45) is 11.1 Å². The maximum atomic E-state index is 11.9. The third-order valence-corrected chi connectivity index (χ3v) is 2.90. The van der Waals surface area contributed by atoms with Gasteiger partial charge in [0.25, 0.3) is 0 Å². The van der Waals surface area contributed by atoms with Crippen LogP contribution in [0.5, 0.6) is 0 Å². The van der Waals surface area contributed by atoms with Gasteiger partial charge >= 0.3 is 0 Å². The molecule has 0 aromatic heterocycles. The number of hydrogen-bond donors (Lipinski definition) is 3. The molecule has 17 heavy (non-hydrogen) atoms. The quantitative estimate of drug-likeness (QED) is 0.590. The molecule has 1 fully saturated rings. The molecule has 0 aliphatic carbocycles. The van der Waals surface area contributed by atoms with Crippen molar-refractivity contribution in [1.82, 2.24) is 10.6 Å². The van der Waals surface area contributed by atoms with Gasteiger partial charge in [-0.15, -0.1) is 0 Å². The zero-order valence-electron chi connectivity index (χ0n) is 10.6. The van der Waals surface area contributed by atoms with E-state index < -0.39 is 5.41 Å². The Bertz CT molecular complexity index is 306. The summed E-state index contributed by atoms with van der Waals surface area (Å²) in [6.45, 7) is 6.12. The SMILES string of the molecule is CC(C)NC(=O)CNC(=O)C1(C)COCC1N. The second kappa shape index (κ2) is 5.46. The number of ether oxygens (including phenoxy) is 1. The van der Waals surface area contributed by atoms with Crippen LogP contribution in [-0.2, 0) is 14.3 Å². The van der Waals surface area contributed by atoms with E-state index in [1.807, 2.05) is 13.8 Å². The van der Waals surface area contributed by atoms with Crippen molar-refractivity contribution in [3.63, 3.8) is 0 Å². The molecular formula is C11H21N3O3. The molecule has 2 atom stereocenters. The lowest BCUT2D eigenvalue weighted by atomic mass is 9.85. The molecule has 2 unspecified atom stereocenters. The van der Waals surface area contributed by atoms with Crippen molar-refractivity contribution in [3.05, 3.63) is 0 Å². The first-order valence-electron chi connectivity index (χ1n) is 5.77. The Morgan fingerprint density at radius 2 is 2.18 bits per heavy atom. The average molecular weight is 243 g/mol. The van der Waals surface area contributed by atoms with Crippen LogP contribution in [-0.4, -0.2) is 43.7 Å². The van der Waals surface area contributed by atoms with E-state index in [9.17, 15) is 9.59 Å². The highest BCUT2D eigenvalue weighted by atomic mass is 16.5. The highest BCUT2D eigenvalue weighted by Gasteiger charge is 2.44. The first-order valence-corrected chi connectivity index (χ1v) is 5.77. The summed E-state index contributed by atoms with van der Waals surface area (Å²) in [7, 11) is 0. The summed E-state index contributed by atoms with van der Waals surface area (Å²) >= 11 is 0. The Kier molecular flexibility index (Phi) is 4.47. The Hall–Kier alpha value is -1.14. The molecule has 98 valence electrons. The van der Waals surface area contributed by atoms with Gasteiger partial charge in [-0.05, 0) is 20.8 Å². The molecule has 2 amide bonds. The van der Waals surface area contributed by atoms with Crippen LogP contribution < -0.4 is 16.4 Å². The molecule has 1 aliphatic rings. The van der Waals surface area contributed by atoms with Crippen LogP contribution in [0.2, 0.25) is 0 Å². The van der Waals surface area contributed by atoms with E-state index in [4.69, 9.17) is 10.5 Å². The van der Waals surface area contributed by atoms with E-state index in [1.165, 1.54) is 0 Å². The lowest BCUT2D eigenvalue weighted by molar-refractivity contribution is -0.133. The number of carbonyl (C=O) groups excluding carboxylic acids is 2. The zero-order valence-corrected chi connectivity index (χ0v) is 10.6. The fraction of sp³-hybridized carbons (Fsp3) is 0.818. The molecule has 0 aromatic rings. The van der Waals surface area contributed by atoms with Crippen molar-refractivity contribution in [3.8, 4) is 0 Å². The predicted molar refractivity (Wildman–Crippen MR) is 63.2 cm³/mol. The molecule has 0 saturated carbocycles. The Labute approximate surface area is 101 Å². The van der Waals surface area contributed by atoms with E-state index in [2.05, 4.69) is 10.6 Å². The van der Waals surface area contributed by atoms with Gasteiger partial charge in [-0.3, -0.25) is 9.59 Å². The third-order valence-electron chi connectivity index (χ3n) is 2.90. The number of rotatable bonds is 4. The van der Waals surface area contributed by atoms with Crippen LogP contribution in [0.15, 0.2) is 0 Å². The first kappa shape index (κ1) is 13.9. The molecule has 0 bridgehead atoms. The number of nitrogens with one attached hydrogen (secondary N) is 2. The second-order valence-electron chi connectivity index (χ2n) is 4.94. The minimum atomic E-state index is -0.738. The van der Waals surface area contributed by atoms with E-state index in [0.717, 1.165) is 0 Å². The van der Waals surface area contributed by atoms with Crippen LogP contribution in [0.1, 0.15) is 20.8 Å². The Morgan fingerprint density at radius 3 is 2.65 bits per heavy atom. The minimum Gasteiger partial charge on any atom is -0.379 e. The molecule has 1 heterocycles. The first-order chi connectivity index (χ1) is 7.86. The van der Waals surface area contributed by atoms with Gasteiger partial charge in [-0.2, -0.15) is 0 Å². The van der Waals surface area contributed by atoms with Gasteiger partial charge in [-0.1, -0.05) is 0 Å². The molecule has 4 N–H and O–H groups in total. The van der Waals surface area contributed by atoms with Crippen molar-refractivity contribution in [1.29, 1.82) is 0 Å². The zero-order chi connectivity index (χ0) is 13.1. The summed E-state index contributed by atoms with van der Waals surface area (Å²) < 4.78 is 5.18. The van der Waals surface area contributed by atoms with Gasteiger partial charge in [0.05, 0.1) is 25.2 Å². The fourth-order valence-electron chi connectivity index (χ4n) is 1.66. The monoisotopic (exact) mass is 243 g/mol. The van der Waals surface area contributed by atoms with Gasteiger partial charge in [0, 0.05) is 12.1 Å². The number of carbonyl (C=O) groups is 2. The lowest BCUT2D eigenvalue weighted by Gasteiger charge is -2.25. The second-order valence-corrected chi connectivity index (χ2v) is 4.94. The molecular weight excluding hydrogens is 222 g/mol. The van der Waals surface area contributed by atoms with Crippen molar-refractivity contribution < 1.29 is 14.3 Å². The maximum absolute atomic E-state index is 11.9. The largest absolute Gasteiger partial charge is 0.379 e. The Morgan fingerprint density at radius 1 is 1.53 bits per heavy atom.